The van der Waals surface area contributed by atoms with E-state index in [1.54, 1.807) is 11.8 Å². The van der Waals surface area contributed by atoms with E-state index < -0.39 is 0 Å². The van der Waals surface area contributed by atoms with Crippen LogP contribution in [0.4, 0.5) is 0 Å². The van der Waals surface area contributed by atoms with Gasteiger partial charge in [0.25, 0.3) is 0 Å². The number of nitrogens with one attached hydrogen (secondary N) is 1. The SMILES string of the molecule is CSC(C)C(=O)NC(CN(C)C)c1ccc(Cl)cc1. The predicted molar refractivity (Wildman–Crippen MR) is 83.9 cm³/mol. The molecular weight excluding hydrogens is 280 g/mol. The van der Waals surface area contributed by atoms with E-state index in [0.717, 1.165) is 12.1 Å². The number of carbonyl (C=O) groups is 1. The maximum absolute atomic E-state index is 12.0. The molecule has 1 N–H and O–H groups in total. The zero-order valence-corrected chi connectivity index (χ0v) is 13.4. The van der Waals surface area contributed by atoms with Crippen molar-refractivity contribution in [2.24, 2.45) is 0 Å². The number of nitrogens with zero attached hydrogens (tertiary/aromatic N) is 1. The van der Waals surface area contributed by atoms with Crippen molar-refractivity contribution in [2.45, 2.75) is 18.2 Å². The molecule has 0 heterocycles. The van der Waals surface area contributed by atoms with Gasteiger partial charge in [-0.15, -0.1) is 0 Å². The van der Waals surface area contributed by atoms with Gasteiger partial charge in [-0.05, 0) is 45.0 Å². The Balaban J connectivity index is 2.82. The maximum Gasteiger partial charge on any atom is 0.233 e. The maximum atomic E-state index is 12.0. The van der Waals surface area contributed by atoms with Crippen molar-refractivity contribution in [2.75, 3.05) is 26.9 Å². The molecule has 0 bridgehead atoms. The van der Waals surface area contributed by atoms with Gasteiger partial charge in [-0.1, -0.05) is 23.7 Å². The molecule has 2 atom stereocenters. The number of hydrogen-bond donors (Lipinski definition) is 1. The molecule has 0 aliphatic carbocycles. The van der Waals surface area contributed by atoms with Crippen LogP contribution in [0.15, 0.2) is 24.3 Å². The minimum atomic E-state index is -0.0445. The highest BCUT2D eigenvalue weighted by atomic mass is 35.5. The lowest BCUT2D eigenvalue weighted by atomic mass is 10.1. The molecule has 1 amide bonds. The summed E-state index contributed by atoms with van der Waals surface area (Å²) in [5.74, 6) is 0.0642. The average molecular weight is 301 g/mol. The van der Waals surface area contributed by atoms with Gasteiger partial charge in [-0.3, -0.25) is 4.79 Å². The van der Waals surface area contributed by atoms with Crippen LogP contribution < -0.4 is 5.32 Å². The third-order valence-electron chi connectivity index (χ3n) is 2.86. The quantitative estimate of drug-likeness (QED) is 0.877. The molecule has 1 rings (SSSR count). The van der Waals surface area contributed by atoms with Crippen LogP contribution in [-0.4, -0.2) is 43.0 Å². The van der Waals surface area contributed by atoms with E-state index in [-0.39, 0.29) is 17.2 Å². The van der Waals surface area contributed by atoms with E-state index >= 15 is 0 Å². The first-order valence-corrected chi connectivity index (χ1v) is 7.84. The first kappa shape index (κ1) is 16.3. The highest BCUT2D eigenvalue weighted by molar-refractivity contribution is 7.99. The van der Waals surface area contributed by atoms with Crippen LogP contribution in [0.25, 0.3) is 0 Å². The summed E-state index contributed by atoms with van der Waals surface area (Å²) in [5, 5.41) is 3.75. The first-order valence-electron chi connectivity index (χ1n) is 6.17. The number of likely N-dealkylation sites (N-methyl/N-ethyl adjacent to an activating group) is 1. The fourth-order valence-corrected chi connectivity index (χ4v) is 2.10. The lowest BCUT2D eigenvalue weighted by molar-refractivity contribution is -0.121. The minimum absolute atomic E-state index is 0.0191. The molecule has 0 radical (unpaired) electrons. The van der Waals surface area contributed by atoms with Crippen molar-refractivity contribution in [3.8, 4) is 0 Å². The molecule has 0 spiro atoms. The van der Waals surface area contributed by atoms with Gasteiger partial charge in [-0.25, -0.2) is 0 Å². The van der Waals surface area contributed by atoms with Crippen LogP contribution in [0.3, 0.4) is 0 Å². The van der Waals surface area contributed by atoms with E-state index in [2.05, 4.69) is 10.2 Å². The summed E-state index contributed by atoms with van der Waals surface area (Å²) in [6.45, 7) is 2.67. The lowest BCUT2D eigenvalue weighted by Gasteiger charge is -2.24. The topological polar surface area (TPSA) is 32.3 Å². The normalized spacial score (nSPS) is 14.2. The molecule has 2 unspecified atom stereocenters. The molecule has 1 aromatic carbocycles. The molecule has 0 aromatic heterocycles. The molecule has 5 heteroatoms. The van der Waals surface area contributed by atoms with Gasteiger partial charge in [0.1, 0.15) is 0 Å². The molecule has 1 aromatic rings. The van der Waals surface area contributed by atoms with Crippen LogP contribution in [0, 0.1) is 0 Å². The number of amides is 1. The van der Waals surface area contributed by atoms with E-state index in [4.69, 9.17) is 11.6 Å². The molecule has 0 aliphatic rings. The van der Waals surface area contributed by atoms with Crippen molar-refractivity contribution in [3.63, 3.8) is 0 Å². The molecule has 106 valence electrons. The Labute approximate surface area is 124 Å². The summed E-state index contributed by atoms with van der Waals surface area (Å²) < 4.78 is 0. The van der Waals surface area contributed by atoms with E-state index in [9.17, 15) is 4.79 Å². The molecule has 0 fully saturated rings. The van der Waals surface area contributed by atoms with E-state index in [1.165, 1.54) is 0 Å². The third-order valence-corrected chi connectivity index (χ3v) is 4.03. The van der Waals surface area contributed by atoms with Crippen molar-refractivity contribution < 1.29 is 4.79 Å². The number of rotatable bonds is 6. The zero-order chi connectivity index (χ0) is 14.4. The zero-order valence-electron chi connectivity index (χ0n) is 11.8. The number of hydrogen-bond acceptors (Lipinski definition) is 3. The second-order valence-corrected chi connectivity index (χ2v) is 6.37. The lowest BCUT2D eigenvalue weighted by Crippen LogP contribution is -2.38. The summed E-state index contributed by atoms with van der Waals surface area (Å²) in [6.07, 6.45) is 1.94. The number of halogens is 1. The average Bonchev–Trinajstić information content (AvgIpc) is 2.37. The van der Waals surface area contributed by atoms with Crippen LogP contribution in [0.2, 0.25) is 5.02 Å². The van der Waals surface area contributed by atoms with E-state index in [0.29, 0.717) is 5.02 Å². The summed E-state index contributed by atoms with van der Waals surface area (Å²) in [6, 6.07) is 7.60. The van der Waals surface area contributed by atoms with Gasteiger partial charge in [-0.2, -0.15) is 11.8 Å². The summed E-state index contributed by atoms with van der Waals surface area (Å²) in [7, 11) is 3.99. The van der Waals surface area contributed by atoms with E-state index in [1.807, 2.05) is 51.5 Å². The monoisotopic (exact) mass is 300 g/mol. The Hall–Kier alpha value is -0.710. The largest absolute Gasteiger partial charge is 0.347 e. The van der Waals surface area contributed by atoms with Crippen molar-refractivity contribution in [3.05, 3.63) is 34.9 Å². The second-order valence-electron chi connectivity index (χ2n) is 4.75. The Bertz CT molecular complexity index is 408. The summed E-state index contributed by atoms with van der Waals surface area (Å²) in [4.78, 5) is 14.1. The highest BCUT2D eigenvalue weighted by Crippen LogP contribution is 2.18. The van der Waals surface area contributed by atoms with Crippen LogP contribution >= 0.6 is 23.4 Å². The molecule has 19 heavy (non-hydrogen) atoms. The van der Waals surface area contributed by atoms with Crippen LogP contribution in [-0.2, 0) is 4.79 Å². The van der Waals surface area contributed by atoms with Gasteiger partial charge in [0.05, 0.1) is 11.3 Å². The highest BCUT2D eigenvalue weighted by Gasteiger charge is 2.18. The third kappa shape index (κ3) is 5.43. The van der Waals surface area contributed by atoms with Crippen molar-refractivity contribution >= 4 is 29.3 Å². The van der Waals surface area contributed by atoms with Gasteiger partial charge < -0.3 is 10.2 Å². The Kier molecular flexibility index (Phi) is 6.69. The Morgan fingerprint density at radius 2 is 1.95 bits per heavy atom. The van der Waals surface area contributed by atoms with Crippen LogP contribution in [0.5, 0.6) is 0 Å². The molecule has 3 nitrogen and oxygen atoms in total. The summed E-state index contributed by atoms with van der Waals surface area (Å²) in [5.41, 5.74) is 1.07. The van der Waals surface area contributed by atoms with Gasteiger partial charge in [0.2, 0.25) is 5.91 Å². The molecular formula is C14H21ClN2OS. The predicted octanol–water partition coefficient (Wildman–Crippen LogP) is 2.81. The van der Waals surface area contributed by atoms with Crippen molar-refractivity contribution in [1.29, 1.82) is 0 Å². The Morgan fingerprint density at radius 1 is 1.37 bits per heavy atom. The smallest absolute Gasteiger partial charge is 0.233 e. The van der Waals surface area contributed by atoms with Gasteiger partial charge >= 0.3 is 0 Å². The number of thioether (sulfide) groups is 1. The number of benzene rings is 1. The standard InChI is InChI=1S/C14H21ClN2OS/c1-10(19-4)14(18)16-13(9-17(2)3)11-5-7-12(15)8-6-11/h5-8,10,13H,9H2,1-4H3,(H,16,18). The summed E-state index contributed by atoms with van der Waals surface area (Å²) >= 11 is 7.44. The van der Waals surface area contributed by atoms with Gasteiger partial charge in [0, 0.05) is 11.6 Å². The molecule has 0 aliphatic heterocycles. The fraction of sp³-hybridized carbons (Fsp3) is 0.500. The van der Waals surface area contributed by atoms with Crippen LogP contribution in [0.1, 0.15) is 18.5 Å². The molecule has 0 saturated heterocycles. The minimum Gasteiger partial charge on any atom is -0.347 e. The number of carbonyl (C=O) groups excluding carboxylic acids is 1. The second kappa shape index (κ2) is 7.78. The Morgan fingerprint density at radius 3 is 2.42 bits per heavy atom. The van der Waals surface area contributed by atoms with Gasteiger partial charge in [0.15, 0.2) is 0 Å². The first-order chi connectivity index (χ1) is 8.93. The van der Waals surface area contributed by atoms with Crippen molar-refractivity contribution in [1.82, 2.24) is 10.2 Å². The fourth-order valence-electron chi connectivity index (χ4n) is 1.69. The molecule has 0 saturated carbocycles.